The van der Waals surface area contributed by atoms with E-state index < -0.39 is 0 Å². The average Bonchev–Trinajstić information content (AvgIpc) is 3.07. The van der Waals surface area contributed by atoms with Crippen molar-refractivity contribution >= 4 is 34.0 Å². The Bertz CT molecular complexity index is 988. The third-order valence-corrected chi connectivity index (χ3v) is 5.26. The number of carbonyl (C=O) groups excluding carboxylic acids is 1. The van der Waals surface area contributed by atoms with Crippen molar-refractivity contribution in [1.29, 1.82) is 0 Å². The van der Waals surface area contributed by atoms with Gasteiger partial charge in [-0.15, -0.1) is 0 Å². The molecule has 0 saturated carbocycles. The standard InChI is InChI=1S/C21H21N3O2S/c1-15-6-8-16(9-7-15)19(25)14-24-18-5-3-2-4-17(18)22-20(24)21(27)23-10-12-26-13-11-23/h2-9H,10-14H2,1H3. The molecule has 1 saturated heterocycles. The lowest BCUT2D eigenvalue weighted by molar-refractivity contribution is 0.0690. The van der Waals surface area contributed by atoms with E-state index in [1.807, 2.05) is 60.0 Å². The van der Waals surface area contributed by atoms with Gasteiger partial charge in [-0.3, -0.25) is 4.79 Å². The second-order valence-corrected chi connectivity index (χ2v) is 7.09. The summed E-state index contributed by atoms with van der Waals surface area (Å²) in [6.45, 7) is 5.02. The molecule has 1 aromatic heterocycles. The number of aromatic nitrogens is 2. The minimum atomic E-state index is 0.0455. The summed E-state index contributed by atoms with van der Waals surface area (Å²) in [4.78, 5) is 20.4. The molecule has 3 aromatic rings. The summed E-state index contributed by atoms with van der Waals surface area (Å²) < 4.78 is 7.36. The number of Topliss-reactive ketones (excluding diaryl/α,β-unsaturated/α-hetero) is 1. The molecule has 1 aliphatic rings. The first-order valence-corrected chi connectivity index (χ1v) is 9.46. The number of ether oxygens (including phenoxy) is 1. The van der Waals surface area contributed by atoms with E-state index >= 15 is 0 Å². The number of morpholine rings is 1. The van der Waals surface area contributed by atoms with Gasteiger partial charge in [0.2, 0.25) is 0 Å². The van der Waals surface area contributed by atoms with Crippen LogP contribution < -0.4 is 0 Å². The summed E-state index contributed by atoms with van der Waals surface area (Å²) in [6, 6.07) is 15.5. The number of carbonyl (C=O) groups is 1. The molecular formula is C21H21N3O2S. The molecule has 0 radical (unpaired) electrons. The molecule has 27 heavy (non-hydrogen) atoms. The maximum atomic E-state index is 12.9. The van der Waals surface area contributed by atoms with Gasteiger partial charge in [0.25, 0.3) is 0 Å². The first kappa shape index (κ1) is 17.8. The lowest BCUT2D eigenvalue weighted by atomic mass is 10.1. The zero-order chi connectivity index (χ0) is 18.8. The van der Waals surface area contributed by atoms with Crippen LogP contribution in [0.5, 0.6) is 0 Å². The van der Waals surface area contributed by atoms with Crippen LogP contribution in [0.1, 0.15) is 21.7 Å². The fourth-order valence-corrected chi connectivity index (χ4v) is 3.62. The maximum absolute atomic E-state index is 12.9. The molecule has 2 aromatic carbocycles. The average molecular weight is 379 g/mol. The molecule has 4 rings (SSSR count). The number of imidazole rings is 1. The fourth-order valence-electron chi connectivity index (χ4n) is 3.28. The van der Waals surface area contributed by atoms with Crippen molar-refractivity contribution in [2.45, 2.75) is 13.5 Å². The lowest BCUT2D eigenvalue weighted by Crippen LogP contribution is -2.41. The van der Waals surface area contributed by atoms with Crippen molar-refractivity contribution in [1.82, 2.24) is 14.5 Å². The van der Waals surface area contributed by atoms with Crippen molar-refractivity contribution in [2.75, 3.05) is 26.3 Å². The van der Waals surface area contributed by atoms with Crippen LogP contribution in [0.15, 0.2) is 48.5 Å². The van der Waals surface area contributed by atoms with Gasteiger partial charge in [0, 0.05) is 18.7 Å². The van der Waals surface area contributed by atoms with Crippen LogP contribution in [0.3, 0.4) is 0 Å². The summed E-state index contributed by atoms with van der Waals surface area (Å²) >= 11 is 5.73. The van der Waals surface area contributed by atoms with Crippen LogP contribution in [-0.4, -0.2) is 51.5 Å². The Morgan fingerprint density at radius 1 is 1.11 bits per heavy atom. The summed E-state index contributed by atoms with van der Waals surface area (Å²) in [6.07, 6.45) is 0. The minimum Gasteiger partial charge on any atom is -0.378 e. The first-order valence-electron chi connectivity index (χ1n) is 9.05. The zero-order valence-corrected chi connectivity index (χ0v) is 16.0. The van der Waals surface area contributed by atoms with Gasteiger partial charge in [0.05, 0.1) is 30.8 Å². The molecule has 0 unspecified atom stereocenters. The van der Waals surface area contributed by atoms with Gasteiger partial charge in [-0.25, -0.2) is 4.98 Å². The smallest absolute Gasteiger partial charge is 0.182 e. The largest absolute Gasteiger partial charge is 0.378 e. The maximum Gasteiger partial charge on any atom is 0.182 e. The van der Waals surface area contributed by atoms with E-state index in [9.17, 15) is 4.79 Å². The molecule has 0 N–H and O–H groups in total. The Labute approximate surface area is 163 Å². The van der Waals surface area contributed by atoms with E-state index in [2.05, 4.69) is 4.90 Å². The highest BCUT2D eigenvalue weighted by Gasteiger charge is 2.22. The Morgan fingerprint density at radius 2 is 1.81 bits per heavy atom. The van der Waals surface area contributed by atoms with Crippen LogP contribution >= 0.6 is 12.2 Å². The quantitative estimate of drug-likeness (QED) is 0.514. The first-order chi connectivity index (χ1) is 13.1. The van der Waals surface area contributed by atoms with E-state index in [4.69, 9.17) is 21.9 Å². The van der Waals surface area contributed by atoms with Crippen molar-refractivity contribution < 1.29 is 9.53 Å². The summed E-state index contributed by atoms with van der Waals surface area (Å²) in [5.74, 6) is 0.720. The van der Waals surface area contributed by atoms with Crippen LogP contribution in [0, 0.1) is 6.92 Å². The molecule has 5 nitrogen and oxygen atoms in total. The summed E-state index contributed by atoms with van der Waals surface area (Å²) in [5.41, 5.74) is 3.60. The number of hydrogen-bond donors (Lipinski definition) is 0. The van der Waals surface area contributed by atoms with Crippen LogP contribution in [-0.2, 0) is 11.3 Å². The third kappa shape index (κ3) is 3.63. The number of benzene rings is 2. The SMILES string of the molecule is Cc1ccc(C(=O)Cn2c(C(=S)N3CCOCC3)nc3ccccc32)cc1. The van der Waals surface area contributed by atoms with E-state index in [0.29, 0.717) is 29.6 Å². The minimum absolute atomic E-state index is 0.0455. The van der Waals surface area contributed by atoms with Crippen molar-refractivity contribution in [3.8, 4) is 0 Å². The monoisotopic (exact) mass is 379 g/mol. The van der Waals surface area contributed by atoms with E-state index in [1.54, 1.807) is 0 Å². The number of hydrogen-bond acceptors (Lipinski definition) is 4. The van der Waals surface area contributed by atoms with E-state index in [1.165, 1.54) is 0 Å². The van der Waals surface area contributed by atoms with Gasteiger partial charge in [0.1, 0.15) is 4.99 Å². The predicted molar refractivity (Wildman–Crippen MR) is 109 cm³/mol. The van der Waals surface area contributed by atoms with Gasteiger partial charge in [-0.1, -0.05) is 54.2 Å². The van der Waals surface area contributed by atoms with Gasteiger partial charge < -0.3 is 14.2 Å². The second kappa shape index (κ2) is 7.58. The lowest BCUT2D eigenvalue weighted by Gasteiger charge is -2.28. The Balaban J connectivity index is 1.70. The van der Waals surface area contributed by atoms with Gasteiger partial charge in [-0.05, 0) is 19.1 Å². The summed E-state index contributed by atoms with van der Waals surface area (Å²) in [7, 11) is 0. The Kier molecular flexibility index (Phi) is 5.01. The normalized spacial score (nSPS) is 14.5. The number of para-hydroxylation sites is 2. The molecule has 2 heterocycles. The van der Waals surface area contributed by atoms with E-state index in [0.717, 1.165) is 29.7 Å². The number of fused-ring (bicyclic) bond motifs is 1. The Morgan fingerprint density at radius 3 is 2.56 bits per heavy atom. The number of thiocarbonyl (C=S) groups is 1. The predicted octanol–water partition coefficient (Wildman–Crippen LogP) is 3.24. The highest BCUT2D eigenvalue weighted by Crippen LogP contribution is 2.19. The van der Waals surface area contributed by atoms with E-state index in [-0.39, 0.29) is 12.3 Å². The van der Waals surface area contributed by atoms with Crippen molar-refractivity contribution in [2.24, 2.45) is 0 Å². The molecule has 0 bridgehead atoms. The molecule has 0 atom stereocenters. The molecule has 138 valence electrons. The van der Waals surface area contributed by atoms with Gasteiger partial charge >= 0.3 is 0 Å². The molecule has 0 aliphatic carbocycles. The van der Waals surface area contributed by atoms with Crippen molar-refractivity contribution in [3.63, 3.8) is 0 Å². The highest BCUT2D eigenvalue weighted by molar-refractivity contribution is 7.80. The van der Waals surface area contributed by atoms with Crippen molar-refractivity contribution in [3.05, 3.63) is 65.5 Å². The number of ketones is 1. The number of nitrogens with zero attached hydrogens (tertiary/aromatic N) is 3. The fraction of sp³-hybridized carbons (Fsp3) is 0.286. The van der Waals surface area contributed by atoms with Gasteiger partial charge in [-0.2, -0.15) is 0 Å². The summed E-state index contributed by atoms with van der Waals surface area (Å²) in [5, 5.41) is 0. The molecule has 0 amide bonds. The molecular weight excluding hydrogens is 358 g/mol. The molecule has 6 heteroatoms. The topological polar surface area (TPSA) is 47.4 Å². The zero-order valence-electron chi connectivity index (χ0n) is 15.2. The molecule has 0 spiro atoms. The number of aryl methyl sites for hydroxylation is 1. The second-order valence-electron chi connectivity index (χ2n) is 6.70. The van der Waals surface area contributed by atoms with Crippen LogP contribution in [0.2, 0.25) is 0 Å². The molecule has 1 aliphatic heterocycles. The highest BCUT2D eigenvalue weighted by atomic mass is 32.1. The van der Waals surface area contributed by atoms with Crippen LogP contribution in [0.4, 0.5) is 0 Å². The van der Waals surface area contributed by atoms with Crippen LogP contribution in [0.25, 0.3) is 11.0 Å². The molecule has 1 fully saturated rings. The van der Waals surface area contributed by atoms with Gasteiger partial charge in [0.15, 0.2) is 11.6 Å². The third-order valence-electron chi connectivity index (χ3n) is 4.82. The Hall–Kier alpha value is -2.57. The number of rotatable bonds is 4.